The maximum absolute atomic E-state index is 14.7. The first-order valence-corrected chi connectivity index (χ1v) is 8.12. The van der Waals surface area contributed by atoms with Crippen LogP contribution in [0.5, 0.6) is 0 Å². The number of rotatable bonds is 2. The van der Waals surface area contributed by atoms with Gasteiger partial charge in [-0.2, -0.15) is 0 Å². The van der Waals surface area contributed by atoms with Crippen molar-refractivity contribution < 1.29 is 18.7 Å². The number of likely N-dealkylation sites (N-methyl/N-ethyl adjacent to an activating group) is 1. The Morgan fingerprint density at radius 1 is 1.35 bits per heavy atom. The number of halogens is 1. The van der Waals surface area contributed by atoms with E-state index in [-0.39, 0.29) is 12.4 Å². The summed E-state index contributed by atoms with van der Waals surface area (Å²) in [5.74, 6) is 0.242. The molecule has 0 unspecified atom stereocenters. The van der Waals surface area contributed by atoms with E-state index < -0.39 is 17.7 Å². The maximum atomic E-state index is 14.7. The number of carbonyl (C=O) groups excluding carboxylic acids is 1. The molecule has 1 amide bonds. The van der Waals surface area contributed by atoms with Crippen LogP contribution < -0.4 is 0 Å². The van der Waals surface area contributed by atoms with Crippen LogP contribution in [0.1, 0.15) is 62.3 Å². The monoisotopic (exact) mass is 321 g/mol. The summed E-state index contributed by atoms with van der Waals surface area (Å²) >= 11 is 0. The topological polar surface area (TPSA) is 38.8 Å². The normalized spacial score (nSPS) is 20.8. The Labute approximate surface area is 136 Å². The van der Waals surface area contributed by atoms with E-state index in [4.69, 9.17) is 9.47 Å². The lowest BCUT2D eigenvalue weighted by Gasteiger charge is -2.34. The first kappa shape index (κ1) is 16.2. The lowest BCUT2D eigenvalue weighted by Crippen LogP contribution is -2.40. The molecule has 0 radical (unpaired) electrons. The number of hydrogen-bond donors (Lipinski definition) is 0. The van der Waals surface area contributed by atoms with Gasteiger partial charge in [0.2, 0.25) is 0 Å². The summed E-state index contributed by atoms with van der Waals surface area (Å²) in [6, 6.07) is 3.20. The molecule has 0 spiro atoms. The Bertz CT molecular complexity index is 619. The van der Waals surface area contributed by atoms with E-state index in [1.54, 1.807) is 13.1 Å². The highest BCUT2D eigenvalue weighted by Crippen LogP contribution is 2.43. The molecule has 1 aromatic carbocycles. The van der Waals surface area contributed by atoms with Gasteiger partial charge in [-0.05, 0) is 56.7 Å². The van der Waals surface area contributed by atoms with Crippen molar-refractivity contribution in [2.75, 3.05) is 13.7 Å². The minimum Gasteiger partial charge on any atom is -0.444 e. The molecule has 1 aliphatic carbocycles. The van der Waals surface area contributed by atoms with Crippen molar-refractivity contribution in [3.05, 3.63) is 34.6 Å². The first-order valence-electron chi connectivity index (χ1n) is 8.12. The highest BCUT2D eigenvalue weighted by Gasteiger charge is 2.34. The van der Waals surface area contributed by atoms with Crippen LogP contribution >= 0.6 is 0 Å². The summed E-state index contributed by atoms with van der Waals surface area (Å²) in [7, 11) is 1.63. The zero-order valence-corrected chi connectivity index (χ0v) is 14.2. The van der Waals surface area contributed by atoms with Gasteiger partial charge in [-0.3, -0.25) is 0 Å². The summed E-state index contributed by atoms with van der Waals surface area (Å²) in [6.45, 7) is 6.11. The second-order valence-electron chi connectivity index (χ2n) is 7.47. The minimum absolute atomic E-state index is 0.242. The smallest absolute Gasteiger partial charge is 0.410 e. The molecule has 4 nitrogen and oxygen atoms in total. The van der Waals surface area contributed by atoms with Crippen LogP contribution in [0.4, 0.5) is 9.18 Å². The van der Waals surface area contributed by atoms with E-state index in [0.717, 1.165) is 24.0 Å². The molecule has 0 saturated heterocycles. The fourth-order valence-electron chi connectivity index (χ4n) is 2.97. The standard InChI is InChI=1S/C18H24FNO3/c1-18(2,3)23-17(21)20(4)15-10-22-9-13-7-12(11-5-6-11)8-14(19)16(13)15/h7-8,11,15H,5-6,9-10H2,1-4H3/t15-/m1/s1. The summed E-state index contributed by atoms with van der Waals surface area (Å²) in [4.78, 5) is 13.7. The van der Waals surface area contributed by atoms with Gasteiger partial charge >= 0.3 is 6.09 Å². The molecule has 1 aliphatic heterocycles. The lowest BCUT2D eigenvalue weighted by molar-refractivity contribution is -0.00124. The average Bonchev–Trinajstić information content (AvgIpc) is 3.28. The third kappa shape index (κ3) is 3.50. The van der Waals surface area contributed by atoms with E-state index >= 15 is 0 Å². The Balaban J connectivity index is 1.87. The molecule has 1 atom stereocenters. The molecule has 0 bridgehead atoms. The molecule has 1 saturated carbocycles. The zero-order chi connectivity index (χ0) is 16.8. The fourth-order valence-corrected chi connectivity index (χ4v) is 2.97. The van der Waals surface area contributed by atoms with Crippen LogP contribution in [0, 0.1) is 5.82 Å². The summed E-state index contributed by atoms with van der Waals surface area (Å²) < 4.78 is 25.7. The number of hydrogen-bond acceptors (Lipinski definition) is 3. The lowest BCUT2D eigenvalue weighted by atomic mass is 9.94. The van der Waals surface area contributed by atoms with E-state index in [1.807, 2.05) is 26.8 Å². The molecule has 0 aromatic heterocycles. The average molecular weight is 321 g/mol. The highest BCUT2D eigenvalue weighted by molar-refractivity contribution is 5.68. The number of nitrogens with zero attached hydrogens (tertiary/aromatic N) is 1. The van der Waals surface area contributed by atoms with E-state index in [1.165, 1.54) is 4.90 Å². The molecule has 3 rings (SSSR count). The van der Waals surface area contributed by atoms with Crippen LogP contribution in [0.25, 0.3) is 0 Å². The van der Waals surface area contributed by atoms with Crippen molar-refractivity contribution in [1.82, 2.24) is 4.90 Å². The molecule has 1 heterocycles. The first-order chi connectivity index (χ1) is 10.8. The largest absolute Gasteiger partial charge is 0.444 e. The van der Waals surface area contributed by atoms with Gasteiger partial charge in [0, 0.05) is 12.6 Å². The third-order valence-corrected chi connectivity index (χ3v) is 4.30. The van der Waals surface area contributed by atoms with E-state index in [2.05, 4.69) is 0 Å². The van der Waals surface area contributed by atoms with Crippen LogP contribution in [-0.4, -0.2) is 30.2 Å². The van der Waals surface area contributed by atoms with Crippen molar-refractivity contribution in [2.45, 2.75) is 57.8 Å². The molecule has 126 valence electrons. The Morgan fingerprint density at radius 2 is 2.04 bits per heavy atom. The predicted molar refractivity (Wildman–Crippen MR) is 84.8 cm³/mol. The van der Waals surface area contributed by atoms with Gasteiger partial charge in [-0.15, -0.1) is 0 Å². The van der Waals surface area contributed by atoms with Gasteiger partial charge in [0.05, 0.1) is 19.3 Å². The van der Waals surface area contributed by atoms with Crippen molar-refractivity contribution in [3.63, 3.8) is 0 Å². The third-order valence-electron chi connectivity index (χ3n) is 4.30. The number of benzene rings is 1. The summed E-state index contributed by atoms with van der Waals surface area (Å²) in [5, 5.41) is 0. The van der Waals surface area contributed by atoms with E-state index in [0.29, 0.717) is 18.1 Å². The Hall–Kier alpha value is -1.62. The number of carbonyl (C=O) groups is 1. The minimum atomic E-state index is -0.585. The summed E-state index contributed by atoms with van der Waals surface area (Å²) in [5.41, 5.74) is 1.87. The Kier molecular flexibility index (Phi) is 4.08. The molecular formula is C18H24FNO3. The predicted octanol–water partition coefficient (Wildman–Crippen LogP) is 4.14. The van der Waals surface area contributed by atoms with Gasteiger partial charge in [0.1, 0.15) is 11.4 Å². The van der Waals surface area contributed by atoms with Crippen LogP contribution in [-0.2, 0) is 16.1 Å². The second kappa shape index (κ2) is 5.78. The van der Waals surface area contributed by atoms with Crippen molar-refractivity contribution in [1.29, 1.82) is 0 Å². The molecule has 2 aliphatic rings. The highest BCUT2D eigenvalue weighted by atomic mass is 19.1. The van der Waals surface area contributed by atoms with Crippen LogP contribution in [0.15, 0.2) is 12.1 Å². The molecule has 23 heavy (non-hydrogen) atoms. The Morgan fingerprint density at radius 3 is 2.65 bits per heavy atom. The quantitative estimate of drug-likeness (QED) is 0.821. The number of ether oxygens (including phenoxy) is 2. The van der Waals surface area contributed by atoms with Gasteiger partial charge in [0.15, 0.2) is 0 Å². The van der Waals surface area contributed by atoms with Crippen LogP contribution in [0.3, 0.4) is 0 Å². The number of amides is 1. The van der Waals surface area contributed by atoms with Crippen molar-refractivity contribution in [3.8, 4) is 0 Å². The summed E-state index contributed by atoms with van der Waals surface area (Å²) in [6.07, 6.45) is 1.78. The molecule has 5 heteroatoms. The SMILES string of the molecule is CN(C(=O)OC(C)(C)C)[C@@H]1COCc2cc(C3CC3)cc(F)c21. The van der Waals surface area contributed by atoms with Crippen LogP contribution in [0.2, 0.25) is 0 Å². The maximum Gasteiger partial charge on any atom is 0.410 e. The molecule has 1 fully saturated rings. The van der Waals surface area contributed by atoms with Crippen molar-refractivity contribution in [2.24, 2.45) is 0 Å². The van der Waals surface area contributed by atoms with Gasteiger partial charge in [-0.1, -0.05) is 6.07 Å². The number of fused-ring (bicyclic) bond motifs is 1. The molecular weight excluding hydrogens is 297 g/mol. The van der Waals surface area contributed by atoms with Gasteiger partial charge < -0.3 is 14.4 Å². The van der Waals surface area contributed by atoms with Gasteiger partial charge in [0.25, 0.3) is 0 Å². The molecule has 1 aromatic rings. The zero-order valence-electron chi connectivity index (χ0n) is 14.2. The van der Waals surface area contributed by atoms with Crippen molar-refractivity contribution >= 4 is 6.09 Å². The van der Waals surface area contributed by atoms with E-state index in [9.17, 15) is 9.18 Å². The second-order valence-corrected chi connectivity index (χ2v) is 7.47. The fraction of sp³-hybridized carbons (Fsp3) is 0.611. The van der Waals surface area contributed by atoms with Gasteiger partial charge in [-0.25, -0.2) is 9.18 Å². The molecule has 0 N–H and O–H groups in total.